The third kappa shape index (κ3) is 4.02. The van der Waals surface area contributed by atoms with E-state index in [0.717, 1.165) is 49.4 Å². The van der Waals surface area contributed by atoms with Gasteiger partial charge in [0, 0.05) is 13.2 Å². The van der Waals surface area contributed by atoms with E-state index in [9.17, 15) is 4.79 Å². The second kappa shape index (κ2) is 7.81. The van der Waals surface area contributed by atoms with Crippen LogP contribution >= 0.6 is 11.3 Å². The molecule has 4 rings (SSSR count). The van der Waals surface area contributed by atoms with Gasteiger partial charge in [0.1, 0.15) is 5.01 Å². The third-order valence-electron chi connectivity index (χ3n) is 5.11. The van der Waals surface area contributed by atoms with E-state index in [4.69, 9.17) is 9.72 Å². The van der Waals surface area contributed by atoms with Crippen molar-refractivity contribution >= 4 is 27.5 Å². The first-order valence-electron chi connectivity index (χ1n) is 9.27. The van der Waals surface area contributed by atoms with Gasteiger partial charge in [-0.25, -0.2) is 4.98 Å². The number of nitrogens with zero attached hydrogens (tertiary/aromatic N) is 2. The molecular weight excluding hydrogens is 334 g/mol. The molecule has 1 amide bonds. The van der Waals surface area contributed by atoms with E-state index in [1.54, 1.807) is 11.3 Å². The Morgan fingerprint density at radius 2 is 2.20 bits per heavy atom. The number of hydrogen-bond acceptors (Lipinski definition) is 5. The molecule has 2 fully saturated rings. The van der Waals surface area contributed by atoms with Crippen molar-refractivity contribution < 1.29 is 9.53 Å². The normalized spacial score (nSPS) is 24.6. The molecule has 1 aromatic heterocycles. The molecule has 2 aliphatic heterocycles. The molecule has 6 heteroatoms. The number of hydrogen-bond donors (Lipinski definition) is 1. The molecule has 0 spiro atoms. The van der Waals surface area contributed by atoms with Gasteiger partial charge in [-0.1, -0.05) is 18.6 Å². The number of benzene rings is 1. The lowest BCUT2D eigenvalue weighted by atomic mass is 10.0. The number of carbonyl (C=O) groups excluding carboxylic acids is 1. The average Bonchev–Trinajstić information content (AvgIpc) is 3.30. The van der Waals surface area contributed by atoms with Crippen molar-refractivity contribution in [2.45, 2.75) is 44.2 Å². The van der Waals surface area contributed by atoms with Gasteiger partial charge in [0.2, 0.25) is 5.91 Å². The maximum Gasteiger partial charge on any atom is 0.234 e. The van der Waals surface area contributed by atoms with Crippen LogP contribution in [0.25, 0.3) is 10.2 Å². The molecule has 0 radical (unpaired) electrons. The number of likely N-dealkylation sites (tertiary alicyclic amines) is 1. The maximum absolute atomic E-state index is 12.4. The molecule has 0 bridgehead atoms. The lowest BCUT2D eigenvalue weighted by Gasteiger charge is -2.33. The van der Waals surface area contributed by atoms with Gasteiger partial charge in [-0.05, 0) is 44.4 Å². The number of ether oxygens (including phenoxy) is 1. The Morgan fingerprint density at radius 1 is 1.28 bits per heavy atom. The molecule has 2 saturated heterocycles. The Morgan fingerprint density at radius 3 is 3.04 bits per heavy atom. The Balaban J connectivity index is 1.40. The monoisotopic (exact) mass is 359 g/mol. The van der Waals surface area contributed by atoms with E-state index in [1.807, 2.05) is 6.07 Å². The van der Waals surface area contributed by atoms with E-state index in [0.29, 0.717) is 13.1 Å². The van der Waals surface area contributed by atoms with Crippen molar-refractivity contribution in [1.29, 1.82) is 0 Å². The summed E-state index contributed by atoms with van der Waals surface area (Å²) in [5.74, 6) is 0.100. The van der Waals surface area contributed by atoms with Gasteiger partial charge in [-0.3, -0.25) is 9.69 Å². The summed E-state index contributed by atoms with van der Waals surface area (Å²) in [5, 5.41) is 4.19. The quantitative estimate of drug-likeness (QED) is 0.891. The number of thiazole rings is 1. The highest BCUT2D eigenvalue weighted by Crippen LogP contribution is 2.35. The molecule has 2 atom stereocenters. The number of piperidine rings is 1. The van der Waals surface area contributed by atoms with Crippen LogP contribution in [-0.2, 0) is 9.53 Å². The van der Waals surface area contributed by atoms with Crippen LogP contribution in [0.15, 0.2) is 24.3 Å². The standard InChI is InChI=1S/C19H25N3O2S/c23-18(20-12-14-6-5-11-24-14)13-22-10-4-3-8-16(22)19-21-15-7-1-2-9-17(15)25-19/h1-2,7,9,14,16H,3-6,8,10-13H2,(H,20,23). The molecule has 2 aromatic rings. The van der Waals surface area contributed by atoms with Crippen LogP contribution in [0.4, 0.5) is 0 Å². The Bertz CT molecular complexity index is 693. The molecule has 5 nitrogen and oxygen atoms in total. The van der Waals surface area contributed by atoms with Crippen molar-refractivity contribution in [3.8, 4) is 0 Å². The van der Waals surface area contributed by atoms with E-state index in [-0.39, 0.29) is 18.1 Å². The van der Waals surface area contributed by atoms with Crippen molar-refractivity contribution in [1.82, 2.24) is 15.2 Å². The number of rotatable bonds is 5. The summed E-state index contributed by atoms with van der Waals surface area (Å²) >= 11 is 1.76. The van der Waals surface area contributed by atoms with Gasteiger partial charge in [0.15, 0.2) is 0 Å². The number of nitrogens with one attached hydrogen (secondary N) is 1. The zero-order chi connectivity index (χ0) is 17.1. The van der Waals surface area contributed by atoms with Gasteiger partial charge in [0.25, 0.3) is 0 Å². The summed E-state index contributed by atoms with van der Waals surface area (Å²) < 4.78 is 6.81. The summed E-state index contributed by atoms with van der Waals surface area (Å²) in [7, 11) is 0. The lowest BCUT2D eigenvalue weighted by Crippen LogP contribution is -2.43. The summed E-state index contributed by atoms with van der Waals surface area (Å²) in [6, 6.07) is 8.54. The van der Waals surface area contributed by atoms with Crippen LogP contribution in [-0.4, -0.2) is 48.1 Å². The van der Waals surface area contributed by atoms with E-state index >= 15 is 0 Å². The highest BCUT2D eigenvalue weighted by molar-refractivity contribution is 7.18. The molecule has 1 aromatic carbocycles. The van der Waals surface area contributed by atoms with E-state index in [2.05, 4.69) is 28.4 Å². The number of carbonyl (C=O) groups is 1. The number of para-hydroxylation sites is 1. The Hall–Kier alpha value is -1.50. The molecule has 1 N–H and O–H groups in total. The minimum atomic E-state index is 0.100. The van der Waals surface area contributed by atoms with Gasteiger partial charge in [-0.15, -0.1) is 11.3 Å². The predicted octanol–water partition coefficient (Wildman–Crippen LogP) is 3.12. The topological polar surface area (TPSA) is 54.5 Å². The fraction of sp³-hybridized carbons (Fsp3) is 0.579. The molecule has 2 aliphatic rings. The highest BCUT2D eigenvalue weighted by atomic mass is 32.1. The summed E-state index contributed by atoms with van der Waals surface area (Å²) in [6.07, 6.45) is 5.80. The predicted molar refractivity (Wildman–Crippen MR) is 99.8 cm³/mol. The van der Waals surface area contributed by atoms with Gasteiger partial charge in [-0.2, -0.15) is 0 Å². The SMILES string of the molecule is O=C(CN1CCCCC1c1nc2ccccc2s1)NCC1CCCO1. The first kappa shape index (κ1) is 16.9. The van der Waals surface area contributed by atoms with E-state index in [1.165, 1.54) is 11.1 Å². The van der Waals surface area contributed by atoms with Crippen molar-refractivity contribution in [3.05, 3.63) is 29.3 Å². The molecule has 25 heavy (non-hydrogen) atoms. The average molecular weight is 359 g/mol. The maximum atomic E-state index is 12.4. The zero-order valence-corrected chi connectivity index (χ0v) is 15.3. The van der Waals surface area contributed by atoms with Crippen LogP contribution < -0.4 is 5.32 Å². The minimum Gasteiger partial charge on any atom is -0.376 e. The zero-order valence-electron chi connectivity index (χ0n) is 14.4. The largest absolute Gasteiger partial charge is 0.376 e. The van der Waals surface area contributed by atoms with Crippen molar-refractivity contribution in [2.24, 2.45) is 0 Å². The van der Waals surface area contributed by atoms with Crippen LogP contribution in [0.2, 0.25) is 0 Å². The molecule has 2 unspecified atom stereocenters. The minimum absolute atomic E-state index is 0.100. The Labute approximate surface area is 152 Å². The number of fused-ring (bicyclic) bond motifs is 1. The summed E-state index contributed by atoms with van der Waals surface area (Å²) in [4.78, 5) is 19.5. The van der Waals surface area contributed by atoms with Gasteiger partial charge in [0.05, 0.1) is 28.9 Å². The van der Waals surface area contributed by atoms with Gasteiger partial charge >= 0.3 is 0 Å². The van der Waals surface area contributed by atoms with Gasteiger partial charge < -0.3 is 10.1 Å². The van der Waals surface area contributed by atoms with Crippen LogP contribution in [0.1, 0.15) is 43.2 Å². The number of aromatic nitrogens is 1. The Kier molecular flexibility index (Phi) is 5.29. The molecule has 134 valence electrons. The molecule has 0 saturated carbocycles. The lowest BCUT2D eigenvalue weighted by molar-refractivity contribution is -0.123. The molecule has 3 heterocycles. The number of amides is 1. The van der Waals surface area contributed by atoms with Crippen molar-refractivity contribution in [3.63, 3.8) is 0 Å². The van der Waals surface area contributed by atoms with E-state index < -0.39 is 0 Å². The highest BCUT2D eigenvalue weighted by Gasteiger charge is 2.28. The molecular formula is C19H25N3O2S. The third-order valence-corrected chi connectivity index (χ3v) is 6.24. The summed E-state index contributed by atoms with van der Waals surface area (Å²) in [6.45, 7) is 2.88. The first-order chi connectivity index (χ1) is 12.3. The molecule has 0 aliphatic carbocycles. The smallest absolute Gasteiger partial charge is 0.234 e. The summed E-state index contributed by atoms with van der Waals surface area (Å²) in [5.41, 5.74) is 1.07. The second-order valence-corrected chi connectivity index (χ2v) is 8.00. The fourth-order valence-electron chi connectivity index (χ4n) is 3.77. The van der Waals surface area contributed by atoms with Crippen LogP contribution in [0.3, 0.4) is 0 Å². The second-order valence-electron chi connectivity index (χ2n) is 6.94. The van der Waals surface area contributed by atoms with Crippen molar-refractivity contribution in [2.75, 3.05) is 26.2 Å². The van der Waals surface area contributed by atoms with Crippen LogP contribution in [0, 0.1) is 0 Å². The fourth-order valence-corrected chi connectivity index (χ4v) is 4.90. The van der Waals surface area contributed by atoms with Crippen LogP contribution in [0.5, 0.6) is 0 Å². The first-order valence-corrected chi connectivity index (χ1v) is 10.1.